The molecular formula is C22H19ClFN3O2. The first kappa shape index (κ1) is 19.6. The molecule has 0 aliphatic carbocycles. The molecule has 2 aromatic carbocycles. The Bertz CT molecular complexity index is 997. The van der Waals surface area contributed by atoms with Crippen molar-refractivity contribution in [3.05, 3.63) is 64.9 Å². The first-order valence-corrected chi connectivity index (χ1v) is 9.86. The van der Waals surface area contributed by atoms with Gasteiger partial charge in [-0.2, -0.15) is 5.26 Å². The summed E-state index contributed by atoms with van der Waals surface area (Å²) in [7, 11) is 0. The molecule has 2 aromatic rings. The molecule has 29 heavy (non-hydrogen) atoms. The van der Waals surface area contributed by atoms with Crippen molar-refractivity contribution in [3.8, 4) is 6.07 Å². The zero-order chi connectivity index (χ0) is 20.6. The lowest BCUT2D eigenvalue weighted by atomic mass is 9.74. The average molecular weight is 412 g/mol. The van der Waals surface area contributed by atoms with Gasteiger partial charge in [0.2, 0.25) is 5.91 Å². The van der Waals surface area contributed by atoms with E-state index in [4.69, 9.17) is 11.6 Å². The number of anilines is 1. The Morgan fingerprint density at radius 3 is 2.41 bits per heavy atom. The van der Waals surface area contributed by atoms with Crippen LogP contribution >= 0.6 is 11.6 Å². The maximum Gasteiger partial charge on any atom is 0.251 e. The van der Waals surface area contributed by atoms with Crippen molar-refractivity contribution >= 4 is 29.1 Å². The highest BCUT2D eigenvalue weighted by atomic mass is 35.5. The lowest BCUT2D eigenvalue weighted by molar-refractivity contribution is -0.123. The van der Waals surface area contributed by atoms with Crippen LogP contribution in [0.1, 0.15) is 24.8 Å². The minimum atomic E-state index is -0.601. The molecule has 0 radical (unpaired) electrons. The molecule has 2 amide bonds. The second-order valence-corrected chi connectivity index (χ2v) is 7.89. The lowest BCUT2D eigenvalue weighted by Gasteiger charge is -2.39. The van der Waals surface area contributed by atoms with Crippen LogP contribution in [0.2, 0.25) is 5.02 Å². The van der Waals surface area contributed by atoms with E-state index in [9.17, 15) is 19.2 Å². The van der Waals surface area contributed by atoms with Gasteiger partial charge in [0.05, 0.1) is 34.7 Å². The number of hydrogen-bond donors (Lipinski definition) is 0. The van der Waals surface area contributed by atoms with E-state index in [2.05, 4.69) is 6.07 Å². The second-order valence-electron chi connectivity index (χ2n) is 7.48. The van der Waals surface area contributed by atoms with Crippen molar-refractivity contribution < 1.29 is 14.0 Å². The van der Waals surface area contributed by atoms with E-state index in [1.807, 2.05) is 35.2 Å². The molecular weight excluding hydrogens is 393 g/mol. The maximum atomic E-state index is 13.4. The van der Waals surface area contributed by atoms with Crippen LogP contribution in [0.15, 0.2) is 48.5 Å². The predicted octanol–water partition coefficient (Wildman–Crippen LogP) is 3.67. The molecule has 0 saturated carbocycles. The SMILES string of the molecule is N#CC1(c2ccccc2)CCN(C2CC(=O)N(c3ccc(F)c(Cl)c3)C2=O)CC1. The summed E-state index contributed by atoms with van der Waals surface area (Å²) in [6.45, 7) is 1.09. The summed E-state index contributed by atoms with van der Waals surface area (Å²) in [5, 5.41) is 9.71. The van der Waals surface area contributed by atoms with Crippen LogP contribution in [-0.2, 0) is 15.0 Å². The molecule has 0 bridgehead atoms. The van der Waals surface area contributed by atoms with Gasteiger partial charge in [-0.25, -0.2) is 9.29 Å². The predicted molar refractivity (Wildman–Crippen MR) is 107 cm³/mol. The molecule has 148 valence electrons. The first-order valence-electron chi connectivity index (χ1n) is 9.48. The molecule has 0 N–H and O–H groups in total. The molecule has 5 nitrogen and oxygen atoms in total. The van der Waals surface area contributed by atoms with E-state index in [0.29, 0.717) is 25.9 Å². The highest BCUT2D eigenvalue weighted by Crippen LogP contribution is 2.37. The van der Waals surface area contributed by atoms with Gasteiger partial charge in [0.1, 0.15) is 5.82 Å². The minimum absolute atomic E-state index is 0.0682. The van der Waals surface area contributed by atoms with Crippen LogP contribution in [0.5, 0.6) is 0 Å². The van der Waals surface area contributed by atoms with Crippen molar-refractivity contribution in [1.29, 1.82) is 5.26 Å². The van der Waals surface area contributed by atoms with Gasteiger partial charge in [0.25, 0.3) is 5.91 Å². The van der Waals surface area contributed by atoms with E-state index >= 15 is 0 Å². The number of imide groups is 1. The molecule has 2 fully saturated rings. The Balaban J connectivity index is 1.51. The lowest BCUT2D eigenvalue weighted by Crippen LogP contribution is -2.49. The van der Waals surface area contributed by atoms with Crippen LogP contribution in [0.3, 0.4) is 0 Å². The number of carbonyl (C=O) groups excluding carboxylic acids is 2. The van der Waals surface area contributed by atoms with E-state index in [0.717, 1.165) is 16.5 Å². The summed E-state index contributed by atoms with van der Waals surface area (Å²) in [5.74, 6) is -1.26. The number of nitrogens with zero attached hydrogens (tertiary/aromatic N) is 3. The quantitative estimate of drug-likeness (QED) is 0.723. The third kappa shape index (κ3) is 3.41. The van der Waals surface area contributed by atoms with Crippen molar-refractivity contribution in [2.24, 2.45) is 0 Å². The zero-order valence-corrected chi connectivity index (χ0v) is 16.4. The van der Waals surface area contributed by atoms with Crippen LogP contribution in [-0.4, -0.2) is 35.8 Å². The third-order valence-corrected chi connectivity index (χ3v) is 6.21. The van der Waals surface area contributed by atoms with Crippen molar-refractivity contribution in [2.45, 2.75) is 30.7 Å². The Kier molecular flexibility index (Phi) is 5.12. The molecule has 2 aliphatic heterocycles. The first-order chi connectivity index (χ1) is 13.9. The summed E-state index contributed by atoms with van der Waals surface area (Å²) in [5.41, 5.74) is 0.688. The van der Waals surface area contributed by atoms with E-state index < -0.39 is 17.3 Å². The minimum Gasteiger partial charge on any atom is -0.291 e. The zero-order valence-electron chi connectivity index (χ0n) is 15.6. The summed E-state index contributed by atoms with van der Waals surface area (Å²) in [6, 6.07) is 15.4. The van der Waals surface area contributed by atoms with E-state index in [1.165, 1.54) is 12.1 Å². The Morgan fingerprint density at radius 1 is 1.10 bits per heavy atom. The molecule has 7 heteroatoms. The van der Waals surface area contributed by atoms with Gasteiger partial charge < -0.3 is 0 Å². The van der Waals surface area contributed by atoms with Gasteiger partial charge >= 0.3 is 0 Å². The number of carbonyl (C=O) groups is 2. The second kappa shape index (κ2) is 7.58. The normalized spacial score (nSPS) is 22.0. The van der Waals surface area contributed by atoms with Crippen molar-refractivity contribution in [3.63, 3.8) is 0 Å². The van der Waals surface area contributed by atoms with Crippen molar-refractivity contribution in [2.75, 3.05) is 18.0 Å². The monoisotopic (exact) mass is 411 g/mol. The Hall–Kier alpha value is -2.75. The average Bonchev–Trinajstić information content (AvgIpc) is 3.05. The Morgan fingerprint density at radius 2 is 1.79 bits per heavy atom. The number of halogens is 2. The number of benzene rings is 2. The number of amides is 2. The van der Waals surface area contributed by atoms with E-state index in [-0.39, 0.29) is 28.9 Å². The van der Waals surface area contributed by atoms with Gasteiger partial charge in [-0.05, 0) is 36.6 Å². The molecule has 4 rings (SSSR count). The van der Waals surface area contributed by atoms with Crippen LogP contribution < -0.4 is 4.90 Å². The van der Waals surface area contributed by atoms with Gasteiger partial charge in [-0.3, -0.25) is 14.5 Å². The fourth-order valence-corrected chi connectivity index (χ4v) is 4.41. The molecule has 2 saturated heterocycles. The van der Waals surface area contributed by atoms with Gasteiger partial charge in [0, 0.05) is 13.1 Å². The fraction of sp³-hybridized carbons (Fsp3) is 0.318. The van der Waals surface area contributed by atoms with E-state index in [1.54, 1.807) is 0 Å². The summed E-state index contributed by atoms with van der Waals surface area (Å²) >= 11 is 5.81. The standard InChI is InChI=1S/C22H19ClFN3O2/c23-17-12-16(6-7-18(17)24)27-20(28)13-19(21(27)29)26-10-8-22(14-25,9-11-26)15-4-2-1-3-5-15/h1-7,12,19H,8-11,13H2. The van der Waals surface area contributed by atoms with Crippen molar-refractivity contribution in [1.82, 2.24) is 4.90 Å². The summed E-state index contributed by atoms with van der Waals surface area (Å²) < 4.78 is 13.4. The number of rotatable bonds is 3. The topological polar surface area (TPSA) is 64.4 Å². The molecule has 1 atom stereocenters. The van der Waals surface area contributed by atoms with Gasteiger partial charge in [-0.1, -0.05) is 41.9 Å². The fourth-order valence-electron chi connectivity index (χ4n) is 4.24. The molecule has 1 unspecified atom stereocenters. The Labute approximate surface area is 173 Å². The molecule has 0 spiro atoms. The van der Waals surface area contributed by atoms with Crippen LogP contribution in [0, 0.1) is 17.1 Å². The number of nitriles is 1. The number of piperidine rings is 1. The molecule has 2 aliphatic rings. The van der Waals surface area contributed by atoms with Gasteiger partial charge in [-0.15, -0.1) is 0 Å². The highest BCUT2D eigenvalue weighted by Gasteiger charge is 2.46. The molecule has 0 aromatic heterocycles. The number of likely N-dealkylation sites (tertiary alicyclic amines) is 1. The smallest absolute Gasteiger partial charge is 0.251 e. The third-order valence-electron chi connectivity index (χ3n) is 5.92. The summed E-state index contributed by atoms with van der Waals surface area (Å²) in [4.78, 5) is 28.6. The highest BCUT2D eigenvalue weighted by molar-refractivity contribution is 6.31. The maximum absolute atomic E-state index is 13.4. The summed E-state index contributed by atoms with van der Waals surface area (Å²) in [6.07, 6.45) is 1.25. The van der Waals surface area contributed by atoms with Crippen LogP contribution in [0.25, 0.3) is 0 Å². The van der Waals surface area contributed by atoms with Crippen LogP contribution in [0.4, 0.5) is 10.1 Å². The molecule has 2 heterocycles. The van der Waals surface area contributed by atoms with Gasteiger partial charge in [0.15, 0.2) is 0 Å². The largest absolute Gasteiger partial charge is 0.291 e. The number of hydrogen-bond acceptors (Lipinski definition) is 4.